The number of furan rings is 1. The highest BCUT2D eigenvalue weighted by Crippen LogP contribution is 2.24. The number of benzene rings is 1. The van der Waals surface area contributed by atoms with Crippen LogP contribution in [0.15, 0.2) is 40.8 Å². The van der Waals surface area contributed by atoms with Gasteiger partial charge in [-0.05, 0) is 24.6 Å². The molecule has 1 aromatic carbocycles. The van der Waals surface area contributed by atoms with E-state index < -0.39 is 6.10 Å². The molecular weight excluding hydrogens is 238 g/mol. The van der Waals surface area contributed by atoms with E-state index in [1.807, 2.05) is 36.4 Å². The van der Waals surface area contributed by atoms with E-state index in [-0.39, 0.29) is 0 Å². The van der Waals surface area contributed by atoms with Crippen molar-refractivity contribution < 1.29 is 9.52 Å². The van der Waals surface area contributed by atoms with Gasteiger partial charge in [0.05, 0.1) is 12.6 Å². The number of aliphatic hydroxyl groups excluding tert-OH is 1. The minimum atomic E-state index is -0.434. The summed E-state index contributed by atoms with van der Waals surface area (Å²) in [6, 6.07) is 12.2. The fraction of sp³-hybridized carbons (Fsp3) is 0.375. The maximum absolute atomic E-state index is 9.48. The lowest BCUT2D eigenvalue weighted by Crippen LogP contribution is -2.21. The Balaban J connectivity index is 2.09. The van der Waals surface area contributed by atoms with Crippen LogP contribution in [0.1, 0.15) is 38.2 Å². The second-order valence-corrected chi connectivity index (χ2v) is 5.10. The topological polar surface area (TPSA) is 45.4 Å². The molecule has 1 heterocycles. The molecule has 0 bridgehead atoms. The second kappa shape index (κ2) is 6.04. The molecule has 0 aliphatic heterocycles. The van der Waals surface area contributed by atoms with Crippen LogP contribution in [0.25, 0.3) is 11.3 Å². The van der Waals surface area contributed by atoms with Crippen molar-refractivity contribution in [2.24, 2.45) is 0 Å². The van der Waals surface area contributed by atoms with E-state index in [2.05, 4.69) is 19.2 Å². The van der Waals surface area contributed by atoms with Gasteiger partial charge in [-0.25, -0.2) is 0 Å². The molecule has 2 rings (SSSR count). The molecule has 0 radical (unpaired) electrons. The van der Waals surface area contributed by atoms with Crippen molar-refractivity contribution in [3.8, 4) is 11.3 Å². The van der Waals surface area contributed by atoms with Crippen molar-refractivity contribution in [2.75, 3.05) is 0 Å². The van der Waals surface area contributed by atoms with Gasteiger partial charge in [-0.15, -0.1) is 0 Å². The van der Waals surface area contributed by atoms with Gasteiger partial charge in [0.2, 0.25) is 0 Å². The van der Waals surface area contributed by atoms with Crippen LogP contribution in [0.5, 0.6) is 0 Å². The van der Waals surface area contributed by atoms with Crippen molar-refractivity contribution in [3.05, 3.63) is 47.7 Å². The third-order valence-electron chi connectivity index (χ3n) is 3.02. The molecule has 0 saturated heterocycles. The molecule has 0 fully saturated rings. The van der Waals surface area contributed by atoms with Crippen molar-refractivity contribution in [2.45, 2.75) is 39.5 Å². The molecular formula is C16H21NO2. The normalized spacial score (nSPS) is 12.9. The van der Waals surface area contributed by atoms with E-state index in [4.69, 9.17) is 4.42 Å². The van der Waals surface area contributed by atoms with Gasteiger partial charge in [-0.1, -0.05) is 38.1 Å². The SMILES string of the molecule is CC(C)NCc1ccc(-c2ccc([C@@H](C)O)cc2)o1. The first-order valence-electron chi connectivity index (χ1n) is 6.67. The third-order valence-corrected chi connectivity index (χ3v) is 3.02. The molecule has 102 valence electrons. The Kier molecular flexibility index (Phi) is 4.40. The van der Waals surface area contributed by atoms with Crippen LogP contribution in [0, 0.1) is 0 Å². The van der Waals surface area contributed by atoms with Crippen LogP contribution in [-0.2, 0) is 6.54 Å². The van der Waals surface area contributed by atoms with Crippen LogP contribution in [0.3, 0.4) is 0 Å². The summed E-state index contributed by atoms with van der Waals surface area (Å²) in [4.78, 5) is 0. The molecule has 0 amide bonds. The molecule has 0 unspecified atom stereocenters. The maximum atomic E-state index is 9.48. The third kappa shape index (κ3) is 3.69. The first kappa shape index (κ1) is 13.8. The predicted octanol–water partition coefficient (Wildman–Crippen LogP) is 3.50. The monoisotopic (exact) mass is 259 g/mol. The summed E-state index contributed by atoms with van der Waals surface area (Å²) in [5.74, 6) is 1.79. The highest BCUT2D eigenvalue weighted by atomic mass is 16.3. The second-order valence-electron chi connectivity index (χ2n) is 5.10. The van der Waals surface area contributed by atoms with Crippen molar-refractivity contribution in [1.82, 2.24) is 5.32 Å². The Labute approximate surface area is 114 Å². The highest BCUT2D eigenvalue weighted by Gasteiger charge is 2.06. The van der Waals surface area contributed by atoms with Gasteiger partial charge in [0.25, 0.3) is 0 Å². The summed E-state index contributed by atoms with van der Waals surface area (Å²) < 4.78 is 5.80. The van der Waals surface area contributed by atoms with Crippen LogP contribution in [0.4, 0.5) is 0 Å². The van der Waals surface area contributed by atoms with Crippen LogP contribution < -0.4 is 5.32 Å². The first-order valence-corrected chi connectivity index (χ1v) is 6.67. The summed E-state index contributed by atoms with van der Waals surface area (Å²) in [6.07, 6.45) is -0.434. The summed E-state index contributed by atoms with van der Waals surface area (Å²) in [7, 11) is 0. The number of hydrogen-bond donors (Lipinski definition) is 2. The standard InChI is InChI=1S/C16H21NO2/c1-11(2)17-10-15-8-9-16(19-15)14-6-4-13(5-7-14)12(3)18/h4-9,11-12,17-18H,10H2,1-3H3/t12-/m1/s1. The van der Waals surface area contributed by atoms with E-state index in [9.17, 15) is 5.11 Å². The molecule has 2 aromatic rings. The number of rotatable bonds is 5. The Morgan fingerprint density at radius 3 is 2.32 bits per heavy atom. The van der Waals surface area contributed by atoms with E-state index in [1.165, 1.54) is 0 Å². The summed E-state index contributed by atoms with van der Waals surface area (Å²) in [5.41, 5.74) is 1.94. The Hall–Kier alpha value is -1.58. The molecule has 0 spiro atoms. The molecule has 19 heavy (non-hydrogen) atoms. The quantitative estimate of drug-likeness (QED) is 0.864. The van der Waals surface area contributed by atoms with Crippen LogP contribution in [-0.4, -0.2) is 11.1 Å². The molecule has 1 aromatic heterocycles. The zero-order chi connectivity index (χ0) is 13.8. The van der Waals surface area contributed by atoms with E-state index in [0.29, 0.717) is 6.04 Å². The molecule has 2 N–H and O–H groups in total. The predicted molar refractivity (Wildman–Crippen MR) is 76.8 cm³/mol. The summed E-state index contributed by atoms with van der Waals surface area (Å²) in [6.45, 7) is 6.72. The van der Waals surface area contributed by atoms with Gasteiger partial charge in [-0.2, -0.15) is 0 Å². The fourth-order valence-electron chi connectivity index (χ4n) is 1.86. The molecule has 0 aliphatic rings. The largest absolute Gasteiger partial charge is 0.460 e. The Morgan fingerprint density at radius 1 is 1.05 bits per heavy atom. The van der Waals surface area contributed by atoms with Gasteiger partial charge < -0.3 is 14.8 Å². The lowest BCUT2D eigenvalue weighted by molar-refractivity contribution is 0.199. The van der Waals surface area contributed by atoms with E-state index >= 15 is 0 Å². The number of aliphatic hydroxyl groups is 1. The average molecular weight is 259 g/mol. The van der Waals surface area contributed by atoms with Gasteiger partial charge in [0.15, 0.2) is 0 Å². The zero-order valence-electron chi connectivity index (χ0n) is 11.7. The smallest absolute Gasteiger partial charge is 0.134 e. The van der Waals surface area contributed by atoms with Gasteiger partial charge in [-0.3, -0.25) is 0 Å². The molecule has 1 atom stereocenters. The van der Waals surface area contributed by atoms with Gasteiger partial charge in [0.1, 0.15) is 11.5 Å². The van der Waals surface area contributed by atoms with Crippen molar-refractivity contribution >= 4 is 0 Å². The molecule has 3 heteroatoms. The number of hydrogen-bond acceptors (Lipinski definition) is 3. The lowest BCUT2D eigenvalue weighted by atomic mass is 10.1. The van der Waals surface area contributed by atoms with Gasteiger partial charge >= 0.3 is 0 Å². The van der Waals surface area contributed by atoms with E-state index in [1.54, 1.807) is 6.92 Å². The minimum Gasteiger partial charge on any atom is -0.460 e. The fourth-order valence-corrected chi connectivity index (χ4v) is 1.86. The van der Waals surface area contributed by atoms with Crippen molar-refractivity contribution in [3.63, 3.8) is 0 Å². The van der Waals surface area contributed by atoms with E-state index in [0.717, 1.165) is 29.2 Å². The first-order chi connectivity index (χ1) is 9.06. The lowest BCUT2D eigenvalue weighted by Gasteiger charge is -2.06. The molecule has 3 nitrogen and oxygen atoms in total. The molecule has 0 aliphatic carbocycles. The summed E-state index contributed by atoms with van der Waals surface area (Å²) >= 11 is 0. The van der Waals surface area contributed by atoms with Crippen molar-refractivity contribution in [1.29, 1.82) is 0 Å². The Bertz CT molecular complexity index is 512. The highest BCUT2D eigenvalue weighted by molar-refractivity contribution is 5.58. The maximum Gasteiger partial charge on any atom is 0.134 e. The molecule has 0 saturated carbocycles. The Morgan fingerprint density at radius 2 is 1.74 bits per heavy atom. The minimum absolute atomic E-state index is 0.434. The average Bonchev–Trinajstić information content (AvgIpc) is 2.85. The number of nitrogens with one attached hydrogen (secondary N) is 1. The van der Waals surface area contributed by atoms with Gasteiger partial charge in [0, 0.05) is 11.6 Å². The van der Waals surface area contributed by atoms with Crippen LogP contribution in [0.2, 0.25) is 0 Å². The zero-order valence-corrected chi connectivity index (χ0v) is 11.7. The summed E-state index contributed by atoms with van der Waals surface area (Å²) in [5, 5.41) is 12.8. The van der Waals surface area contributed by atoms with Crippen LogP contribution >= 0.6 is 0 Å².